The Hall–Kier alpha value is -6.46. The van der Waals surface area contributed by atoms with Crippen LogP contribution in [-0.4, -0.2) is 9.55 Å². The number of rotatable bonds is 7. The van der Waals surface area contributed by atoms with Gasteiger partial charge in [-0.1, -0.05) is 115 Å². The van der Waals surface area contributed by atoms with Gasteiger partial charge in [0.05, 0.1) is 0 Å². The fraction of sp³-hybridized carbons (Fsp3) is 0.0196. The van der Waals surface area contributed by atoms with Crippen LogP contribution in [0.15, 0.2) is 175 Å². The van der Waals surface area contributed by atoms with Crippen LogP contribution in [0.3, 0.4) is 0 Å². The standard InChI is InChI=1S/C51H33N4OS.Pt/c1-34-30-49(52-51-40(34)28-29-57-51)55-45-23-9-8-20-43(45)44-27-26-39(32-48(44)55)56-38-19-12-18-37(31-38)53-33-54(47-25-11-10-24-46(47)53)50-41(35-14-4-2-5-15-35)21-13-22-42(50)36-16-6-3-7-17-36;/h2-30,33H,1H3;/q-3;. The number of pyridine rings is 1. The molecule has 0 fully saturated rings. The predicted molar refractivity (Wildman–Crippen MR) is 235 cm³/mol. The minimum Gasteiger partial charge on any atom is -0.509 e. The number of benzene rings is 7. The first-order chi connectivity index (χ1) is 28.2. The molecule has 10 aromatic rings. The summed E-state index contributed by atoms with van der Waals surface area (Å²) >= 11 is 1.66. The van der Waals surface area contributed by atoms with Crippen molar-refractivity contribution in [1.82, 2.24) is 9.55 Å². The van der Waals surface area contributed by atoms with Gasteiger partial charge in [-0.05, 0) is 64.7 Å². The number of para-hydroxylation sites is 4. The molecule has 0 saturated carbocycles. The number of ether oxygens (including phenoxy) is 1. The molecule has 0 atom stereocenters. The number of aryl methyl sites for hydroxylation is 1. The maximum absolute atomic E-state index is 6.61. The number of aromatic nitrogens is 2. The number of nitrogens with zero attached hydrogens (tertiary/aromatic N) is 4. The molecule has 4 heterocycles. The third-order valence-electron chi connectivity index (χ3n) is 10.7. The van der Waals surface area contributed by atoms with Crippen LogP contribution in [0.2, 0.25) is 0 Å². The molecule has 5 nitrogen and oxygen atoms in total. The average Bonchev–Trinajstić information content (AvgIpc) is 3.99. The Kier molecular flexibility index (Phi) is 9.17. The van der Waals surface area contributed by atoms with Crippen molar-refractivity contribution in [3.05, 3.63) is 200 Å². The summed E-state index contributed by atoms with van der Waals surface area (Å²) in [6.45, 7) is 4.32. The van der Waals surface area contributed by atoms with Gasteiger partial charge < -0.3 is 19.1 Å². The molecule has 0 aliphatic carbocycles. The Labute approximate surface area is 355 Å². The molecule has 282 valence electrons. The zero-order chi connectivity index (χ0) is 37.9. The molecule has 0 spiro atoms. The summed E-state index contributed by atoms with van der Waals surface area (Å²) in [6, 6.07) is 66.4. The Morgan fingerprint density at radius 3 is 2.00 bits per heavy atom. The van der Waals surface area contributed by atoms with Gasteiger partial charge in [-0.2, -0.15) is 12.1 Å². The molecule has 3 aromatic heterocycles. The van der Waals surface area contributed by atoms with Crippen LogP contribution in [0.4, 0.5) is 22.7 Å². The first-order valence-corrected chi connectivity index (χ1v) is 19.8. The molecule has 7 heteroatoms. The minimum atomic E-state index is 0. The molecule has 0 amide bonds. The molecule has 11 rings (SSSR count). The van der Waals surface area contributed by atoms with E-state index in [1.165, 1.54) is 10.9 Å². The SMILES string of the molecule is Cc1cc(-n2c3[c-]c(Oc4[c-]c(N5[CH-]N(c6c(-c7ccccc7)cccc6-c6ccccc6)c6ccccc65)ccc4)ccc3c3ccccc32)nc2sccc12.[Pt]. The molecule has 0 N–H and O–H groups in total. The first kappa shape index (κ1) is 35.9. The van der Waals surface area contributed by atoms with E-state index in [0.29, 0.717) is 11.5 Å². The molecule has 1 aliphatic heterocycles. The maximum atomic E-state index is 6.61. The average molecular weight is 945 g/mol. The molecule has 0 bridgehead atoms. The fourth-order valence-corrected chi connectivity index (χ4v) is 8.96. The molecule has 0 radical (unpaired) electrons. The van der Waals surface area contributed by atoms with Crippen LogP contribution < -0.4 is 14.5 Å². The van der Waals surface area contributed by atoms with Crippen molar-refractivity contribution in [1.29, 1.82) is 0 Å². The van der Waals surface area contributed by atoms with E-state index in [9.17, 15) is 0 Å². The Morgan fingerprint density at radius 2 is 1.24 bits per heavy atom. The number of thiophene rings is 1. The molecular weight excluding hydrogens is 912 g/mol. The van der Waals surface area contributed by atoms with E-state index in [2.05, 4.69) is 197 Å². The zero-order valence-electron chi connectivity index (χ0n) is 31.2. The van der Waals surface area contributed by atoms with Crippen LogP contribution >= 0.6 is 11.3 Å². The van der Waals surface area contributed by atoms with Crippen molar-refractivity contribution in [2.24, 2.45) is 0 Å². The smallest absolute Gasteiger partial charge is 0.137 e. The minimum absolute atomic E-state index is 0. The summed E-state index contributed by atoms with van der Waals surface area (Å²) in [7, 11) is 0. The van der Waals surface area contributed by atoms with E-state index in [1.807, 2.05) is 18.2 Å². The van der Waals surface area contributed by atoms with Crippen molar-refractivity contribution >= 4 is 66.1 Å². The summed E-state index contributed by atoms with van der Waals surface area (Å²) < 4.78 is 8.81. The molecule has 7 aromatic carbocycles. The van der Waals surface area contributed by atoms with Crippen LogP contribution in [0.25, 0.3) is 60.1 Å². The van der Waals surface area contributed by atoms with E-state index < -0.39 is 0 Å². The molecular formula is C51H33N4OPtS-3. The maximum Gasteiger partial charge on any atom is 0.137 e. The third kappa shape index (κ3) is 6.08. The fourth-order valence-electron chi connectivity index (χ4n) is 8.12. The summed E-state index contributed by atoms with van der Waals surface area (Å²) in [5.41, 5.74) is 11.9. The summed E-state index contributed by atoms with van der Waals surface area (Å²) in [5, 5.41) is 5.53. The van der Waals surface area contributed by atoms with E-state index in [-0.39, 0.29) is 21.1 Å². The van der Waals surface area contributed by atoms with E-state index in [0.717, 1.165) is 77.5 Å². The number of hydrogen-bond acceptors (Lipinski definition) is 5. The van der Waals surface area contributed by atoms with Crippen molar-refractivity contribution in [2.45, 2.75) is 6.92 Å². The first-order valence-electron chi connectivity index (χ1n) is 19.0. The van der Waals surface area contributed by atoms with Gasteiger partial charge in [0.2, 0.25) is 0 Å². The van der Waals surface area contributed by atoms with Crippen LogP contribution in [0.5, 0.6) is 11.5 Å². The van der Waals surface area contributed by atoms with Gasteiger partial charge in [0.1, 0.15) is 10.6 Å². The molecule has 0 unspecified atom stereocenters. The Morgan fingerprint density at radius 1 is 0.586 bits per heavy atom. The van der Waals surface area contributed by atoms with E-state index in [4.69, 9.17) is 9.72 Å². The van der Waals surface area contributed by atoms with Gasteiger partial charge in [-0.25, -0.2) is 4.98 Å². The normalized spacial score (nSPS) is 12.3. The Bertz CT molecular complexity index is 3060. The predicted octanol–water partition coefficient (Wildman–Crippen LogP) is 13.8. The number of anilines is 4. The van der Waals surface area contributed by atoms with E-state index in [1.54, 1.807) is 11.3 Å². The number of fused-ring (bicyclic) bond motifs is 5. The van der Waals surface area contributed by atoms with Gasteiger partial charge in [-0.3, -0.25) is 0 Å². The third-order valence-corrected chi connectivity index (χ3v) is 11.5. The quantitative estimate of drug-likeness (QED) is 0.149. The van der Waals surface area contributed by atoms with Crippen molar-refractivity contribution in [2.75, 3.05) is 9.80 Å². The topological polar surface area (TPSA) is 33.5 Å². The molecule has 58 heavy (non-hydrogen) atoms. The van der Waals surface area contributed by atoms with Gasteiger partial charge in [0, 0.05) is 71.7 Å². The van der Waals surface area contributed by atoms with Gasteiger partial charge >= 0.3 is 0 Å². The molecule has 0 saturated heterocycles. The van der Waals surface area contributed by atoms with Gasteiger partial charge in [0.25, 0.3) is 0 Å². The number of hydrogen-bond donors (Lipinski definition) is 0. The van der Waals surface area contributed by atoms with Crippen molar-refractivity contribution < 1.29 is 25.8 Å². The second kappa shape index (κ2) is 14.8. The summed E-state index contributed by atoms with van der Waals surface area (Å²) in [5.74, 6) is 2.07. The largest absolute Gasteiger partial charge is 0.509 e. The summed E-state index contributed by atoms with van der Waals surface area (Å²) in [6.07, 6.45) is 0. The van der Waals surface area contributed by atoms with Crippen LogP contribution in [0.1, 0.15) is 5.56 Å². The van der Waals surface area contributed by atoms with Gasteiger partial charge in [-0.15, -0.1) is 59.4 Å². The van der Waals surface area contributed by atoms with Crippen molar-refractivity contribution in [3.8, 4) is 39.6 Å². The Balaban J connectivity index is 0.00000408. The van der Waals surface area contributed by atoms with Gasteiger partial charge in [0.15, 0.2) is 0 Å². The van der Waals surface area contributed by atoms with Crippen LogP contribution in [-0.2, 0) is 21.1 Å². The van der Waals surface area contributed by atoms with E-state index >= 15 is 0 Å². The molecule has 1 aliphatic rings. The van der Waals surface area contributed by atoms with Crippen molar-refractivity contribution in [3.63, 3.8) is 0 Å². The second-order valence-corrected chi connectivity index (χ2v) is 15.0. The second-order valence-electron chi connectivity index (χ2n) is 14.2. The zero-order valence-corrected chi connectivity index (χ0v) is 34.3. The monoisotopic (exact) mass is 944 g/mol. The van der Waals surface area contributed by atoms with Crippen LogP contribution in [0, 0.1) is 25.7 Å². The summed E-state index contributed by atoms with van der Waals surface area (Å²) in [4.78, 5) is 10.6.